The second-order valence-corrected chi connectivity index (χ2v) is 5.11. The molecule has 0 aromatic heterocycles. The number of aryl methyl sites for hydroxylation is 1. The highest BCUT2D eigenvalue weighted by atomic mass is 16.5. The van der Waals surface area contributed by atoms with Gasteiger partial charge in [0.2, 0.25) is 0 Å². The van der Waals surface area contributed by atoms with Gasteiger partial charge in [-0.1, -0.05) is 6.07 Å². The molecule has 1 aliphatic heterocycles. The van der Waals surface area contributed by atoms with E-state index in [1.54, 1.807) is 13.2 Å². The van der Waals surface area contributed by atoms with Crippen LogP contribution in [0.4, 0.5) is 5.69 Å². The second kappa shape index (κ2) is 6.13. The lowest BCUT2D eigenvalue weighted by Gasteiger charge is -2.16. The summed E-state index contributed by atoms with van der Waals surface area (Å²) in [4.78, 5) is 23.0. The van der Waals surface area contributed by atoms with Gasteiger partial charge in [0.1, 0.15) is 11.9 Å². The maximum Gasteiger partial charge on any atom is 0.332 e. The molecule has 1 aliphatic rings. The summed E-state index contributed by atoms with van der Waals surface area (Å²) in [5, 5.41) is 11.6. The summed E-state index contributed by atoms with van der Waals surface area (Å²) in [6.07, 6.45) is -0.860. The highest BCUT2D eigenvalue weighted by Gasteiger charge is 2.34. The Kier molecular flexibility index (Phi) is 4.47. The van der Waals surface area contributed by atoms with E-state index in [9.17, 15) is 9.59 Å². The van der Waals surface area contributed by atoms with Crippen molar-refractivity contribution in [3.05, 3.63) is 23.3 Å². The standard InChI is InChI=1S/C15H19NO5/c1-8-4-5-10(9(2)13(8)20-3)16-14(17)11-6-7-12(21-11)15(18)19/h4-5,11-12H,6-7H2,1-3H3,(H,16,17)(H,18,19). The minimum Gasteiger partial charge on any atom is -0.496 e. The molecule has 0 bridgehead atoms. The van der Waals surface area contributed by atoms with Gasteiger partial charge in [0.15, 0.2) is 6.10 Å². The molecular formula is C15H19NO5. The van der Waals surface area contributed by atoms with Crippen LogP contribution in [0.25, 0.3) is 0 Å². The average Bonchev–Trinajstić information content (AvgIpc) is 2.92. The number of nitrogens with one attached hydrogen (secondary N) is 1. The van der Waals surface area contributed by atoms with E-state index in [0.717, 1.165) is 16.9 Å². The number of ether oxygens (including phenoxy) is 2. The Morgan fingerprint density at radius 2 is 1.95 bits per heavy atom. The third-order valence-electron chi connectivity index (χ3n) is 3.65. The Hall–Kier alpha value is -2.08. The predicted molar refractivity (Wildman–Crippen MR) is 76.6 cm³/mol. The van der Waals surface area contributed by atoms with Crippen molar-refractivity contribution < 1.29 is 24.2 Å². The Bertz CT molecular complexity index is 569. The summed E-state index contributed by atoms with van der Waals surface area (Å²) in [7, 11) is 1.58. The van der Waals surface area contributed by atoms with Crippen LogP contribution in [0.3, 0.4) is 0 Å². The van der Waals surface area contributed by atoms with Crippen LogP contribution >= 0.6 is 0 Å². The summed E-state index contributed by atoms with van der Waals surface area (Å²) in [5.74, 6) is -0.630. The summed E-state index contributed by atoms with van der Waals surface area (Å²) in [6.45, 7) is 3.78. The first kappa shape index (κ1) is 15.3. The molecule has 1 amide bonds. The summed E-state index contributed by atoms with van der Waals surface area (Å²) < 4.78 is 10.5. The van der Waals surface area contributed by atoms with Crippen LogP contribution in [-0.4, -0.2) is 36.3 Å². The second-order valence-electron chi connectivity index (χ2n) is 5.11. The van der Waals surface area contributed by atoms with Crippen molar-refractivity contribution in [1.82, 2.24) is 0 Å². The molecule has 2 N–H and O–H groups in total. The molecule has 0 saturated carbocycles. The highest BCUT2D eigenvalue weighted by molar-refractivity contribution is 5.95. The molecule has 21 heavy (non-hydrogen) atoms. The first-order valence-electron chi connectivity index (χ1n) is 6.77. The largest absolute Gasteiger partial charge is 0.496 e. The van der Waals surface area contributed by atoms with Gasteiger partial charge < -0.3 is 19.9 Å². The number of hydrogen-bond donors (Lipinski definition) is 2. The Labute approximate surface area is 123 Å². The van der Waals surface area contributed by atoms with Crippen LogP contribution < -0.4 is 10.1 Å². The maximum atomic E-state index is 12.1. The van der Waals surface area contributed by atoms with Crippen molar-refractivity contribution >= 4 is 17.6 Å². The molecule has 1 aromatic carbocycles. The van der Waals surface area contributed by atoms with Crippen molar-refractivity contribution in [3.63, 3.8) is 0 Å². The van der Waals surface area contributed by atoms with Gasteiger partial charge >= 0.3 is 5.97 Å². The molecule has 6 nitrogen and oxygen atoms in total. The van der Waals surface area contributed by atoms with Gasteiger partial charge in [0, 0.05) is 11.3 Å². The zero-order valence-electron chi connectivity index (χ0n) is 12.3. The number of aliphatic carboxylic acids is 1. The van der Waals surface area contributed by atoms with E-state index in [-0.39, 0.29) is 5.91 Å². The van der Waals surface area contributed by atoms with Crippen molar-refractivity contribution in [3.8, 4) is 5.75 Å². The zero-order chi connectivity index (χ0) is 15.6. The number of anilines is 1. The van der Waals surface area contributed by atoms with Gasteiger partial charge in [-0.2, -0.15) is 0 Å². The summed E-state index contributed by atoms with van der Waals surface area (Å²) >= 11 is 0. The Morgan fingerprint density at radius 1 is 1.29 bits per heavy atom. The fraction of sp³-hybridized carbons (Fsp3) is 0.467. The molecule has 2 rings (SSSR count). The third kappa shape index (κ3) is 3.16. The lowest BCUT2D eigenvalue weighted by atomic mass is 10.1. The molecule has 1 aromatic rings. The fourth-order valence-electron chi connectivity index (χ4n) is 2.50. The first-order chi connectivity index (χ1) is 9.93. The van der Waals surface area contributed by atoms with Gasteiger partial charge in [-0.15, -0.1) is 0 Å². The number of methoxy groups -OCH3 is 1. The van der Waals surface area contributed by atoms with Crippen LogP contribution in [-0.2, 0) is 14.3 Å². The molecule has 1 heterocycles. The number of hydrogen-bond acceptors (Lipinski definition) is 4. The number of amides is 1. The Morgan fingerprint density at radius 3 is 2.52 bits per heavy atom. The average molecular weight is 293 g/mol. The van der Waals surface area contributed by atoms with Crippen LogP contribution in [0, 0.1) is 13.8 Å². The number of rotatable bonds is 4. The molecule has 1 saturated heterocycles. The van der Waals surface area contributed by atoms with Gasteiger partial charge in [-0.05, 0) is 38.3 Å². The van der Waals surface area contributed by atoms with Crippen LogP contribution in [0.1, 0.15) is 24.0 Å². The Balaban J connectivity index is 2.09. The molecular weight excluding hydrogens is 274 g/mol. The lowest BCUT2D eigenvalue weighted by molar-refractivity contribution is -0.150. The summed E-state index contributed by atoms with van der Waals surface area (Å²) in [5.41, 5.74) is 2.46. The monoisotopic (exact) mass is 293 g/mol. The highest BCUT2D eigenvalue weighted by Crippen LogP contribution is 2.30. The minimum absolute atomic E-state index is 0.326. The normalized spacial score (nSPS) is 21.1. The number of carboxylic acid groups (broad SMARTS) is 1. The molecule has 6 heteroatoms. The number of carboxylic acids is 1. The fourth-order valence-corrected chi connectivity index (χ4v) is 2.50. The van der Waals surface area contributed by atoms with E-state index < -0.39 is 18.2 Å². The number of carbonyl (C=O) groups is 2. The summed E-state index contributed by atoms with van der Waals surface area (Å²) in [6, 6.07) is 3.66. The molecule has 2 atom stereocenters. The van der Waals surface area contributed by atoms with Crippen LogP contribution in [0.5, 0.6) is 5.75 Å². The van der Waals surface area contributed by atoms with E-state index in [1.165, 1.54) is 0 Å². The van der Waals surface area contributed by atoms with Gasteiger partial charge in [0.05, 0.1) is 7.11 Å². The molecule has 1 fully saturated rings. The van der Waals surface area contributed by atoms with Gasteiger partial charge in [-0.3, -0.25) is 4.79 Å². The van der Waals surface area contributed by atoms with Crippen molar-refractivity contribution in [1.29, 1.82) is 0 Å². The van der Waals surface area contributed by atoms with Crippen molar-refractivity contribution in [2.75, 3.05) is 12.4 Å². The van der Waals surface area contributed by atoms with E-state index in [0.29, 0.717) is 18.5 Å². The lowest BCUT2D eigenvalue weighted by Crippen LogP contribution is -2.30. The van der Waals surface area contributed by atoms with E-state index >= 15 is 0 Å². The molecule has 114 valence electrons. The van der Waals surface area contributed by atoms with Crippen LogP contribution in [0.15, 0.2) is 12.1 Å². The van der Waals surface area contributed by atoms with Crippen molar-refractivity contribution in [2.45, 2.75) is 38.9 Å². The zero-order valence-corrected chi connectivity index (χ0v) is 12.3. The smallest absolute Gasteiger partial charge is 0.332 e. The minimum atomic E-state index is -1.03. The van der Waals surface area contributed by atoms with Gasteiger partial charge in [-0.25, -0.2) is 4.79 Å². The van der Waals surface area contributed by atoms with E-state index in [1.807, 2.05) is 19.9 Å². The molecule has 0 aliphatic carbocycles. The molecule has 2 unspecified atom stereocenters. The maximum absolute atomic E-state index is 12.1. The number of carbonyl (C=O) groups excluding carboxylic acids is 1. The predicted octanol–water partition coefficient (Wildman–Crippen LogP) is 1.88. The first-order valence-corrected chi connectivity index (χ1v) is 6.77. The third-order valence-corrected chi connectivity index (χ3v) is 3.65. The van der Waals surface area contributed by atoms with Gasteiger partial charge in [0.25, 0.3) is 5.91 Å². The molecule has 0 spiro atoms. The quantitative estimate of drug-likeness (QED) is 0.885. The molecule has 0 radical (unpaired) electrons. The topological polar surface area (TPSA) is 84.9 Å². The van der Waals surface area contributed by atoms with Crippen LogP contribution in [0.2, 0.25) is 0 Å². The number of benzene rings is 1. The SMILES string of the molecule is COc1c(C)ccc(NC(=O)C2CCC(C(=O)O)O2)c1C. The van der Waals surface area contributed by atoms with E-state index in [2.05, 4.69) is 5.32 Å². The van der Waals surface area contributed by atoms with E-state index in [4.69, 9.17) is 14.6 Å². The van der Waals surface area contributed by atoms with Crippen molar-refractivity contribution in [2.24, 2.45) is 0 Å².